The average Bonchev–Trinajstić information content (AvgIpc) is 2.99. The van der Waals surface area contributed by atoms with Crippen molar-refractivity contribution >= 4 is 11.0 Å². The SMILES string of the molecule is Cc1ccc(S(=O)NCC2=CC=C3C4=C(C(C)C)CCC4(C)CCC3C(O)C2)cc1. The number of benzene rings is 1. The van der Waals surface area contributed by atoms with Crippen LogP contribution in [-0.4, -0.2) is 22.0 Å². The number of allylic oxidation sites excluding steroid dienone is 4. The molecule has 30 heavy (non-hydrogen) atoms. The molecule has 0 heterocycles. The lowest BCUT2D eigenvalue weighted by Crippen LogP contribution is -2.33. The highest BCUT2D eigenvalue weighted by Gasteiger charge is 2.45. The molecule has 2 N–H and O–H groups in total. The Kier molecular flexibility index (Phi) is 6.20. The third-order valence-corrected chi connectivity index (χ3v) is 8.47. The van der Waals surface area contributed by atoms with Crippen LogP contribution in [0.5, 0.6) is 0 Å². The molecule has 1 aromatic rings. The Morgan fingerprint density at radius 3 is 2.63 bits per heavy atom. The highest BCUT2D eigenvalue weighted by Crippen LogP contribution is 2.57. The Bertz CT molecular complexity index is 925. The molecule has 0 aliphatic heterocycles. The topological polar surface area (TPSA) is 49.3 Å². The summed E-state index contributed by atoms with van der Waals surface area (Å²) in [6.07, 6.45) is 9.38. The zero-order valence-electron chi connectivity index (χ0n) is 18.7. The van der Waals surface area contributed by atoms with Gasteiger partial charge in [-0.05, 0) is 73.6 Å². The molecular weight excluding hydrogens is 390 g/mol. The van der Waals surface area contributed by atoms with Gasteiger partial charge < -0.3 is 5.11 Å². The number of rotatable bonds is 5. The fourth-order valence-electron chi connectivity index (χ4n) is 5.55. The number of aryl methyl sites for hydroxylation is 1. The van der Waals surface area contributed by atoms with Crippen molar-refractivity contribution in [1.29, 1.82) is 0 Å². The molecule has 1 fully saturated rings. The molecule has 0 saturated heterocycles. The Morgan fingerprint density at radius 1 is 1.20 bits per heavy atom. The number of hydrogen-bond acceptors (Lipinski definition) is 2. The molecule has 0 aromatic heterocycles. The summed E-state index contributed by atoms with van der Waals surface area (Å²) >= 11 is 0. The molecule has 4 atom stereocenters. The number of fused-ring (bicyclic) bond motifs is 3. The van der Waals surface area contributed by atoms with Crippen molar-refractivity contribution in [3.63, 3.8) is 0 Å². The quantitative estimate of drug-likeness (QED) is 0.665. The zero-order chi connectivity index (χ0) is 21.5. The molecule has 0 bridgehead atoms. The van der Waals surface area contributed by atoms with Gasteiger partial charge in [0.1, 0.15) is 11.0 Å². The predicted molar refractivity (Wildman–Crippen MR) is 124 cm³/mol. The van der Waals surface area contributed by atoms with Crippen LogP contribution in [0.3, 0.4) is 0 Å². The molecule has 162 valence electrons. The summed E-state index contributed by atoms with van der Waals surface area (Å²) in [5.41, 5.74) is 7.06. The first-order valence-corrected chi connectivity index (χ1v) is 12.5. The maximum absolute atomic E-state index is 12.6. The second-order valence-corrected chi connectivity index (χ2v) is 11.2. The number of aliphatic hydroxyl groups excluding tert-OH is 1. The smallest absolute Gasteiger partial charge is 0.125 e. The van der Waals surface area contributed by atoms with E-state index in [1.807, 2.05) is 31.2 Å². The van der Waals surface area contributed by atoms with Crippen molar-refractivity contribution in [3.05, 3.63) is 64.3 Å². The van der Waals surface area contributed by atoms with Gasteiger partial charge in [0.25, 0.3) is 0 Å². The highest BCUT2D eigenvalue weighted by atomic mass is 32.2. The van der Waals surface area contributed by atoms with Gasteiger partial charge in [0.15, 0.2) is 0 Å². The number of nitrogens with one attached hydrogen (secondary N) is 1. The molecule has 1 saturated carbocycles. The van der Waals surface area contributed by atoms with Gasteiger partial charge in [0, 0.05) is 12.5 Å². The van der Waals surface area contributed by atoms with Crippen LogP contribution in [0.25, 0.3) is 0 Å². The number of aliphatic hydroxyl groups is 1. The van der Waals surface area contributed by atoms with Crippen LogP contribution < -0.4 is 4.72 Å². The molecule has 3 aliphatic carbocycles. The summed E-state index contributed by atoms with van der Waals surface area (Å²) in [4.78, 5) is 0.788. The standard InChI is InChI=1S/C26H35NO2S/c1-17(2)21-11-13-26(4)14-12-22-23(25(21)26)10-7-19(15-24(22)28)16-27-30(29)20-8-5-18(3)6-9-20/h5-10,17,22,24,27-28H,11-16H2,1-4H3. The van der Waals surface area contributed by atoms with Crippen molar-refractivity contribution in [2.24, 2.45) is 17.3 Å². The van der Waals surface area contributed by atoms with Crippen molar-refractivity contribution < 1.29 is 9.32 Å². The number of hydrogen-bond donors (Lipinski definition) is 2. The van der Waals surface area contributed by atoms with E-state index in [4.69, 9.17) is 0 Å². The second-order valence-electron chi connectivity index (χ2n) is 9.88. The first-order valence-electron chi connectivity index (χ1n) is 11.3. The van der Waals surface area contributed by atoms with E-state index in [1.165, 1.54) is 24.8 Å². The monoisotopic (exact) mass is 425 g/mol. The van der Waals surface area contributed by atoms with E-state index >= 15 is 0 Å². The van der Waals surface area contributed by atoms with Crippen molar-refractivity contribution in [1.82, 2.24) is 4.72 Å². The predicted octanol–water partition coefficient (Wildman–Crippen LogP) is 5.39. The lowest BCUT2D eigenvalue weighted by molar-refractivity contribution is 0.104. The summed E-state index contributed by atoms with van der Waals surface area (Å²) in [6, 6.07) is 7.78. The molecule has 3 aliphatic rings. The van der Waals surface area contributed by atoms with E-state index in [0.717, 1.165) is 22.5 Å². The first-order chi connectivity index (χ1) is 14.3. The summed E-state index contributed by atoms with van der Waals surface area (Å²) < 4.78 is 15.8. The van der Waals surface area contributed by atoms with Gasteiger partial charge in [-0.15, -0.1) is 0 Å². The fraction of sp³-hybridized carbons (Fsp3) is 0.538. The van der Waals surface area contributed by atoms with Gasteiger partial charge >= 0.3 is 0 Å². The van der Waals surface area contributed by atoms with Crippen molar-refractivity contribution in [2.75, 3.05) is 6.54 Å². The third-order valence-electron chi connectivity index (χ3n) is 7.36. The molecule has 0 amide bonds. The Balaban J connectivity index is 1.56. The largest absolute Gasteiger partial charge is 0.392 e. The van der Waals surface area contributed by atoms with Crippen molar-refractivity contribution in [3.8, 4) is 0 Å². The van der Waals surface area contributed by atoms with Gasteiger partial charge in [0.05, 0.1) is 11.0 Å². The summed E-state index contributed by atoms with van der Waals surface area (Å²) in [6.45, 7) is 9.58. The molecule has 4 rings (SSSR count). The Hall–Kier alpha value is -1.49. The molecular formula is C26H35NO2S. The zero-order valence-corrected chi connectivity index (χ0v) is 19.5. The molecule has 1 aromatic carbocycles. The second kappa shape index (κ2) is 8.57. The molecule has 4 heteroatoms. The van der Waals surface area contributed by atoms with Gasteiger partial charge in [-0.3, -0.25) is 0 Å². The lowest BCUT2D eigenvalue weighted by Gasteiger charge is -2.41. The third kappa shape index (κ3) is 4.15. The van der Waals surface area contributed by atoms with Crippen LogP contribution >= 0.6 is 0 Å². The summed E-state index contributed by atoms with van der Waals surface area (Å²) in [5, 5.41) is 11.1. The fourth-order valence-corrected chi connectivity index (χ4v) is 6.42. The lowest BCUT2D eigenvalue weighted by atomic mass is 9.64. The van der Waals surface area contributed by atoms with Gasteiger partial charge in [-0.25, -0.2) is 8.93 Å². The minimum atomic E-state index is -1.24. The Labute approximate surface area is 183 Å². The highest BCUT2D eigenvalue weighted by molar-refractivity contribution is 7.83. The summed E-state index contributed by atoms with van der Waals surface area (Å²) in [5.74, 6) is 0.778. The van der Waals surface area contributed by atoms with E-state index < -0.39 is 11.0 Å². The molecule has 0 radical (unpaired) electrons. The van der Waals surface area contributed by atoms with Crippen LogP contribution in [-0.2, 0) is 11.0 Å². The van der Waals surface area contributed by atoms with Gasteiger partial charge in [-0.2, -0.15) is 0 Å². The minimum Gasteiger partial charge on any atom is -0.392 e. The van der Waals surface area contributed by atoms with E-state index in [9.17, 15) is 9.32 Å². The maximum Gasteiger partial charge on any atom is 0.125 e. The van der Waals surface area contributed by atoms with E-state index in [1.54, 1.807) is 11.1 Å². The Morgan fingerprint density at radius 2 is 1.93 bits per heavy atom. The summed E-state index contributed by atoms with van der Waals surface area (Å²) in [7, 11) is -1.24. The average molecular weight is 426 g/mol. The van der Waals surface area contributed by atoms with Gasteiger partial charge in [-0.1, -0.05) is 61.8 Å². The van der Waals surface area contributed by atoms with Crippen LogP contribution in [0.15, 0.2) is 63.6 Å². The van der Waals surface area contributed by atoms with Gasteiger partial charge in [0.2, 0.25) is 0 Å². The minimum absolute atomic E-state index is 0.219. The molecule has 0 spiro atoms. The van der Waals surface area contributed by atoms with Crippen LogP contribution in [0.4, 0.5) is 0 Å². The first kappa shape index (κ1) is 21.7. The van der Waals surface area contributed by atoms with Crippen molar-refractivity contribution in [2.45, 2.75) is 70.8 Å². The van der Waals surface area contributed by atoms with E-state index in [-0.39, 0.29) is 17.4 Å². The van der Waals surface area contributed by atoms with E-state index in [2.05, 4.69) is 37.6 Å². The van der Waals surface area contributed by atoms with Crippen LogP contribution in [0.2, 0.25) is 0 Å². The van der Waals surface area contributed by atoms with Crippen LogP contribution in [0, 0.1) is 24.2 Å². The normalized spacial score (nSPS) is 29.8. The molecule has 4 unspecified atom stereocenters. The van der Waals surface area contributed by atoms with Crippen LogP contribution in [0.1, 0.15) is 58.4 Å². The molecule has 3 nitrogen and oxygen atoms in total. The maximum atomic E-state index is 12.6. The van der Waals surface area contributed by atoms with E-state index in [0.29, 0.717) is 18.9 Å².